The minimum atomic E-state index is -0.353. The molecule has 33 heavy (non-hydrogen) atoms. The number of H-pyrrole nitrogens is 1. The predicted molar refractivity (Wildman–Crippen MR) is 123 cm³/mol. The Bertz CT molecular complexity index is 1370. The SMILES string of the molecule is Nc1nc2c(cc1C(=O)NCc1ccccc1)CN(C(=O)c1cc3cc(F)ccc3[nH]1)CC2. The van der Waals surface area contributed by atoms with E-state index in [2.05, 4.69) is 15.3 Å². The molecule has 1 aliphatic heterocycles. The Morgan fingerprint density at radius 3 is 2.76 bits per heavy atom. The zero-order valence-corrected chi connectivity index (χ0v) is 17.8. The molecule has 7 nitrogen and oxygen atoms in total. The van der Waals surface area contributed by atoms with E-state index in [0.29, 0.717) is 48.2 Å². The Labute approximate surface area is 189 Å². The Balaban J connectivity index is 1.34. The van der Waals surface area contributed by atoms with Gasteiger partial charge in [-0.1, -0.05) is 30.3 Å². The van der Waals surface area contributed by atoms with Crippen LogP contribution >= 0.6 is 0 Å². The average Bonchev–Trinajstić information content (AvgIpc) is 3.25. The normalized spacial score (nSPS) is 13.1. The maximum absolute atomic E-state index is 13.5. The number of carbonyl (C=O) groups is 2. The summed E-state index contributed by atoms with van der Waals surface area (Å²) in [5.74, 6) is -0.678. The number of carbonyl (C=O) groups excluding carboxylic acids is 2. The van der Waals surface area contributed by atoms with Crippen LogP contribution in [-0.2, 0) is 19.5 Å². The van der Waals surface area contributed by atoms with Crippen molar-refractivity contribution in [3.8, 4) is 0 Å². The van der Waals surface area contributed by atoms with Crippen LogP contribution in [0.1, 0.15) is 37.7 Å². The van der Waals surface area contributed by atoms with Gasteiger partial charge in [0.2, 0.25) is 0 Å². The van der Waals surface area contributed by atoms with Gasteiger partial charge in [-0.2, -0.15) is 0 Å². The van der Waals surface area contributed by atoms with Gasteiger partial charge in [0.1, 0.15) is 17.3 Å². The van der Waals surface area contributed by atoms with Crippen LogP contribution in [0, 0.1) is 5.82 Å². The molecule has 0 radical (unpaired) electrons. The zero-order valence-electron chi connectivity index (χ0n) is 17.8. The molecular weight excluding hydrogens is 421 g/mol. The van der Waals surface area contributed by atoms with Crippen molar-refractivity contribution in [1.82, 2.24) is 20.2 Å². The van der Waals surface area contributed by atoms with Gasteiger partial charge >= 0.3 is 0 Å². The van der Waals surface area contributed by atoms with Crippen LogP contribution in [0.3, 0.4) is 0 Å². The topological polar surface area (TPSA) is 104 Å². The molecule has 0 atom stereocenters. The molecule has 5 rings (SSSR count). The van der Waals surface area contributed by atoms with Crippen molar-refractivity contribution in [3.05, 3.63) is 94.6 Å². The first-order valence-corrected chi connectivity index (χ1v) is 10.7. The number of benzene rings is 2. The maximum Gasteiger partial charge on any atom is 0.270 e. The fourth-order valence-electron chi connectivity index (χ4n) is 4.11. The second-order valence-corrected chi connectivity index (χ2v) is 8.09. The summed E-state index contributed by atoms with van der Waals surface area (Å²) in [6, 6.07) is 17.3. The molecule has 166 valence electrons. The molecule has 4 N–H and O–H groups in total. The van der Waals surface area contributed by atoms with Gasteiger partial charge in [-0.3, -0.25) is 9.59 Å². The number of amides is 2. The Hall–Kier alpha value is -4.20. The lowest BCUT2D eigenvalue weighted by atomic mass is 10.0. The lowest BCUT2D eigenvalue weighted by molar-refractivity contribution is 0.0728. The van der Waals surface area contributed by atoms with Crippen molar-refractivity contribution in [2.24, 2.45) is 0 Å². The number of nitrogens with zero attached hydrogens (tertiary/aromatic N) is 2. The number of aromatic amines is 1. The predicted octanol–water partition coefficient (Wildman–Crippen LogP) is 3.41. The number of nitrogens with two attached hydrogens (primary N) is 1. The summed E-state index contributed by atoms with van der Waals surface area (Å²) in [6.45, 7) is 1.16. The molecule has 1 aliphatic rings. The number of pyridine rings is 1. The van der Waals surface area contributed by atoms with Crippen molar-refractivity contribution >= 4 is 28.5 Å². The highest BCUT2D eigenvalue weighted by molar-refractivity contribution is 5.99. The van der Waals surface area contributed by atoms with Crippen LogP contribution in [0.5, 0.6) is 0 Å². The van der Waals surface area contributed by atoms with E-state index in [4.69, 9.17) is 5.73 Å². The molecular formula is C25H22FN5O2. The van der Waals surface area contributed by atoms with Crippen molar-refractivity contribution in [1.29, 1.82) is 0 Å². The molecule has 0 fully saturated rings. The summed E-state index contributed by atoms with van der Waals surface area (Å²) in [5.41, 5.74) is 10.0. The smallest absolute Gasteiger partial charge is 0.270 e. The number of hydrogen-bond acceptors (Lipinski definition) is 4. The second kappa shape index (κ2) is 8.38. The molecule has 0 bridgehead atoms. The number of nitrogens with one attached hydrogen (secondary N) is 2. The van der Waals surface area contributed by atoms with E-state index in [0.717, 1.165) is 16.8 Å². The largest absolute Gasteiger partial charge is 0.383 e. The molecule has 3 heterocycles. The summed E-state index contributed by atoms with van der Waals surface area (Å²) >= 11 is 0. The summed E-state index contributed by atoms with van der Waals surface area (Å²) in [5, 5.41) is 3.51. The van der Waals surface area contributed by atoms with E-state index < -0.39 is 0 Å². The number of halogens is 1. The van der Waals surface area contributed by atoms with Crippen molar-refractivity contribution in [2.45, 2.75) is 19.5 Å². The van der Waals surface area contributed by atoms with E-state index in [-0.39, 0.29) is 23.4 Å². The quantitative estimate of drug-likeness (QED) is 0.450. The van der Waals surface area contributed by atoms with E-state index in [1.807, 2.05) is 30.3 Å². The number of rotatable bonds is 4. The fraction of sp³-hybridized carbons (Fsp3) is 0.160. The van der Waals surface area contributed by atoms with Gasteiger partial charge in [0, 0.05) is 42.7 Å². The summed E-state index contributed by atoms with van der Waals surface area (Å²) in [6.07, 6.45) is 0.534. The molecule has 0 spiro atoms. The number of anilines is 1. The van der Waals surface area contributed by atoms with Crippen LogP contribution in [-0.4, -0.2) is 33.2 Å². The van der Waals surface area contributed by atoms with Gasteiger partial charge in [0.05, 0.1) is 5.56 Å². The molecule has 2 aromatic carbocycles. The summed E-state index contributed by atoms with van der Waals surface area (Å²) in [7, 11) is 0. The maximum atomic E-state index is 13.5. The molecule has 0 aliphatic carbocycles. The van der Waals surface area contributed by atoms with E-state index in [1.165, 1.54) is 12.1 Å². The van der Waals surface area contributed by atoms with Gasteiger partial charge in [0.15, 0.2) is 0 Å². The first-order valence-electron chi connectivity index (χ1n) is 10.7. The Morgan fingerprint density at radius 1 is 1.12 bits per heavy atom. The molecule has 2 aromatic heterocycles. The Morgan fingerprint density at radius 2 is 1.94 bits per heavy atom. The first kappa shape index (κ1) is 20.7. The third kappa shape index (κ3) is 4.15. The van der Waals surface area contributed by atoms with Crippen LogP contribution < -0.4 is 11.1 Å². The van der Waals surface area contributed by atoms with Gasteiger partial charge in [-0.25, -0.2) is 9.37 Å². The Kier molecular flexibility index (Phi) is 5.26. The number of aromatic nitrogens is 2. The summed E-state index contributed by atoms with van der Waals surface area (Å²) < 4.78 is 13.5. The number of fused-ring (bicyclic) bond motifs is 2. The van der Waals surface area contributed by atoms with Crippen LogP contribution in [0.2, 0.25) is 0 Å². The van der Waals surface area contributed by atoms with Crippen LogP contribution in [0.15, 0.2) is 60.7 Å². The van der Waals surface area contributed by atoms with E-state index in [1.54, 1.807) is 23.1 Å². The molecule has 4 aromatic rings. The van der Waals surface area contributed by atoms with Gasteiger partial charge < -0.3 is 20.9 Å². The molecule has 0 saturated carbocycles. The lowest BCUT2D eigenvalue weighted by Gasteiger charge is -2.28. The van der Waals surface area contributed by atoms with Crippen LogP contribution in [0.4, 0.5) is 10.2 Å². The fourth-order valence-corrected chi connectivity index (χ4v) is 4.11. The average molecular weight is 443 g/mol. The standard InChI is InChI=1S/C25H22FN5O2/c26-18-6-7-20-16(10-18)12-22(29-20)25(33)31-9-8-21-17(14-31)11-19(23(27)30-21)24(32)28-13-15-4-2-1-3-5-15/h1-7,10-12,29H,8-9,13-14H2,(H2,27,30)(H,28,32). The monoisotopic (exact) mass is 443 g/mol. The van der Waals surface area contributed by atoms with E-state index >= 15 is 0 Å². The van der Waals surface area contributed by atoms with Gasteiger partial charge in [0.25, 0.3) is 11.8 Å². The highest BCUT2D eigenvalue weighted by Gasteiger charge is 2.26. The van der Waals surface area contributed by atoms with Crippen molar-refractivity contribution in [2.75, 3.05) is 12.3 Å². The number of hydrogen-bond donors (Lipinski definition) is 3. The van der Waals surface area contributed by atoms with Crippen molar-refractivity contribution in [3.63, 3.8) is 0 Å². The first-order chi connectivity index (χ1) is 16.0. The van der Waals surface area contributed by atoms with Gasteiger partial charge in [-0.05, 0) is 41.5 Å². The van der Waals surface area contributed by atoms with Crippen LogP contribution in [0.25, 0.3) is 10.9 Å². The highest BCUT2D eigenvalue weighted by atomic mass is 19.1. The molecule has 0 saturated heterocycles. The second-order valence-electron chi connectivity index (χ2n) is 8.09. The third-order valence-corrected chi connectivity index (χ3v) is 5.84. The summed E-state index contributed by atoms with van der Waals surface area (Å²) in [4.78, 5) is 35.0. The third-order valence-electron chi connectivity index (χ3n) is 5.84. The van der Waals surface area contributed by atoms with E-state index in [9.17, 15) is 14.0 Å². The molecule has 2 amide bonds. The highest BCUT2D eigenvalue weighted by Crippen LogP contribution is 2.24. The molecule has 8 heteroatoms. The lowest BCUT2D eigenvalue weighted by Crippen LogP contribution is -2.37. The minimum absolute atomic E-state index is 0.178. The number of nitrogen functional groups attached to an aromatic ring is 1. The zero-order chi connectivity index (χ0) is 22.9. The van der Waals surface area contributed by atoms with Crippen molar-refractivity contribution < 1.29 is 14.0 Å². The minimum Gasteiger partial charge on any atom is -0.383 e. The van der Waals surface area contributed by atoms with Gasteiger partial charge in [-0.15, -0.1) is 0 Å². The molecule has 0 unspecified atom stereocenters.